The third kappa shape index (κ3) is 9.86. The molecule has 0 saturated carbocycles. The summed E-state index contributed by atoms with van der Waals surface area (Å²) in [6.07, 6.45) is 0. The van der Waals surface area contributed by atoms with Crippen LogP contribution >= 0.6 is 0 Å². The number of para-hydroxylation sites is 1. The molecule has 0 N–H and O–H groups in total. The molecule has 0 radical (unpaired) electrons. The maximum atomic E-state index is 7.34. The first-order chi connectivity index (χ1) is 54.5. The van der Waals surface area contributed by atoms with Gasteiger partial charge in [-0.1, -0.05) is 346 Å². The Balaban J connectivity index is 0.611. The molecule has 22 rings (SSSR count). The molecule has 8 heteroatoms. The van der Waals surface area contributed by atoms with Gasteiger partial charge in [-0.2, -0.15) is 0 Å². The van der Waals surface area contributed by atoms with Gasteiger partial charge in [0.15, 0.2) is 34.9 Å². The van der Waals surface area contributed by atoms with E-state index in [2.05, 4.69) is 340 Å². The predicted octanol–water partition coefficient (Wildman–Crippen LogP) is 24.8. The van der Waals surface area contributed by atoms with Gasteiger partial charge in [0.2, 0.25) is 0 Å². The molecular formula is C102H62N6O2. The summed E-state index contributed by atoms with van der Waals surface area (Å²) in [6.45, 7) is 0. The Morgan fingerprint density at radius 1 is 0.155 bits per heavy atom. The van der Waals surface area contributed by atoms with E-state index in [4.69, 9.17) is 39.4 Å². The summed E-state index contributed by atoms with van der Waals surface area (Å²) in [5.41, 5.74) is 26.8. The fraction of sp³-hybridized carbons (Fsp3) is 0.0196. The van der Waals surface area contributed by atoms with Crippen LogP contribution in [0.15, 0.2) is 376 Å². The molecule has 0 bridgehead atoms. The molecule has 16 aromatic carbocycles. The summed E-state index contributed by atoms with van der Waals surface area (Å²) < 4.78 is 14.3. The topological polar surface area (TPSA) is 95.8 Å². The van der Waals surface area contributed by atoms with Crippen LogP contribution in [0.4, 0.5) is 0 Å². The van der Waals surface area contributed by atoms with Gasteiger partial charge in [-0.05, 0) is 130 Å². The third-order valence-corrected chi connectivity index (χ3v) is 22.8. The van der Waals surface area contributed by atoms with Crippen LogP contribution in [0.25, 0.3) is 146 Å². The largest absolute Gasteiger partial charge is 0.457 e. The lowest BCUT2D eigenvalue weighted by atomic mass is 9.65. The average molecular weight is 1400 g/mol. The van der Waals surface area contributed by atoms with Gasteiger partial charge in [0.05, 0.1) is 10.8 Å². The molecule has 8 nitrogen and oxygen atoms in total. The van der Waals surface area contributed by atoms with Crippen molar-refractivity contribution in [2.45, 2.75) is 10.8 Å². The molecule has 2 aromatic heterocycles. The summed E-state index contributed by atoms with van der Waals surface area (Å²) in [5, 5.41) is 2.29. The van der Waals surface area contributed by atoms with Crippen LogP contribution in [0.3, 0.4) is 0 Å². The van der Waals surface area contributed by atoms with Gasteiger partial charge in [-0.25, -0.2) is 29.9 Å². The predicted molar refractivity (Wildman–Crippen MR) is 440 cm³/mol. The van der Waals surface area contributed by atoms with E-state index in [1.165, 1.54) is 44.5 Å². The van der Waals surface area contributed by atoms with Crippen molar-refractivity contribution in [3.63, 3.8) is 0 Å². The zero-order valence-electron chi connectivity index (χ0n) is 59.3. The Bertz CT molecular complexity index is 6690. The van der Waals surface area contributed by atoms with Gasteiger partial charge in [0.1, 0.15) is 23.0 Å². The summed E-state index contributed by atoms with van der Waals surface area (Å²) in [5.74, 6) is 6.82. The molecule has 4 aliphatic rings. The van der Waals surface area contributed by atoms with Crippen LogP contribution in [0.1, 0.15) is 44.5 Å². The Hall–Kier alpha value is -14.6. The van der Waals surface area contributed by atoms with E-state index in [0.717, 1.165) is 134 Å². The summed E-state index contributed by atoms with van der Waals surface area (Å²) in [7, 11) is 0. The van der Waals surface area contributed by atoms with Crippen LogP contribution < -0.4 is 9.47 Å². The van der Waals surface area contributed by atoms with Crippen molar-refractivity contribution in [3.8, 4) is 158 Å². The number of ether oxygens (including phenoxy) is 2. The van der Waals surface area contributed by atoms with Crippen molar-refractivity contribution in [1.82, 2.24) is 29.9 Å². The normalized spacial score (nSPS) is 13.2. The molecule has 0 amide bonds. The SMILES string of the molecule is c1ccc(-c2nc(-c3ccc(-c4ccc5c(c4)Oc4cc(-c6ccc(-c7nc(-c8ccc(-c9ccc%10c(c9)Oc9ccccc9C%109c%10ccccc%10-c%10ccccc%109)cc8)nc(-c8ccccc8-c8ccccc8)n7)cc6)ccc4C54c5ccccc5-c5ccccc54)cc3)nc(-c3ccc4ccccc4c3)n2)cc1. The Morgan fingerprint density at radius 2 is 0.436 bits per heavy atom. The fourth-order valence-electron chi connectivity index (χ4n) is 17.7. The second kappa shape index (κ2) is 25.0. The van der Waals surface area contributed by atoms with Crippen molar-refractivity contribution in [1.29, 1.82) is 0 Å². The Morgan fingerprint density at radius 3 is 0.873 bits per heavy atom. The summed E-state index contributed by atoms with van der Waals surface area (Å²) in [4.78, 5) is 31.3. The van der Waals surface area contributed by atoms with Gasteiger partial charge in [0.25, 0.3) is 0 Å². The number of benzene rings is 16. The second-order valence-corrected chi connectivity index (χ2v) is 28.7. The second-order valence-electron chi connectivity index (χ2n) is 28.7. The first-order valence-corrected chi connectivity index (χ1v) is 37.3. The highest BCUT2D eigenvalue weighted by Gasteiger charge is 2.53. The number of rotatable bonds is 10. The quantitative estimate of drug-likeness (QED) is 0.134. The minimum atomic E-state index is -0.670. The molecule has 0 fully saturated rings. The highest BCUT2D eigenvalue weighted by molar-refractivity contribution is 5.93. The Labute approximate surface area is 635 Å². The molecule has 110 heavy (non-hydrogen) atoms. The Kier molecular flexibility index (Phi) is 14.3. The highest BCUT2D eigenvalue weighted by atomic mass is 16.5. The summed E-state index contributed by atoms with van der Waals surface area (Å²) in [6, 6.07) is 133. The van der Waals surface area contributed by atoms with Gasteiger partial charge < -0.3 is 9.47 Å². The van der Waals surface area contributed by atoms with Crippen LogP contribution in [0.2, 0.25) is 0 Å². The zero-order valence-corrected chi connectivity index (χ0v) is 59.3. The lowest BCUT2D eigenvalue weighted by molar-refractivity contribution is 0.436. The first kappa shape index (κ1) is 62.7. The van der Waals surface area contributed by atoms with E-state index in [0.29, 0.717) is 34.9 Å². The monoisotopic (exact) mass is 1400 g/mol. The van der Waals surface area contributed by atoms with E-state index in [9.17, 15) is 0 Å². The average Bonchev–Trinajstić information content (AvgIpc) is 1.49. The van der Waals surface area contributed by atoms with Crippen LogP contribution in [-0.4, -0.2) is 29.9 Å². The lowest BCUT2D eigenvalue weighted by Gasteiger charge is -2.39. The van der Waals surface area contributed by atoms with Crippen molar-refractivity contribution in [2.75, 3.05) is 0 Å². The molecule has 2 aliphatic heterocycles. The van der Waals surface area contributed by atoms with Crippen molar-refractivity contribution in [2.24, 2.45) is 0 Å². The number of nitrogens with zero attached hydrogens (tertiary/aromatic N) is 6. The standard InChI is InChI=1S/C102H62N6O2/c1-3-22-67(23-4-1)77-27-9-10-32-82(77)100-107-97(70-48-41-64(42-49-70)73-53-56-88-92(60-73)109-91-38-20-19-37-87(91)101(88)83-33-15-11-28-78(83)79-29-12-16-34-84(79)101)104-98(108-100)71-50-43-66(44-51-71)75-55-58-90-94(62-75)110-93-61-74(54-57-89(93)102(90)85-35-17-13-30-80(85)81-31-14-18-36-86(81)102)65-39-46-69(47-40-65)96-103-95(68-24-5-2-6-25-68)105-99(106-96)76-52-45-63-21-7-8-26-72(63)59-76/h1-62H. The van der Waals surface area contributed by atoms with Crippen molar-refractivity contribution in [3.05, 3.63) is 421 Å². The maximum Gasteiger partial charge on any atom is 0.164 e. The molecule has 2 aliphatic carbocycles. The number of hydrogen-bond donors (Lipinski definition) is 0. The van der Waals surface area contributed by atoms with Crippen LogP contribution in [0.5, 0.6) is 23.0 Å². The molecule has 512 valence electrons. The first-order valence-electron chi connectivity index (χ1n) is 37.3. The van der Waals surface area contributed by atoms with Crippen molar-refractivity contribution < 1.29 is 9.47 Å². The van der Waals surface area contributed by atoms with E-state index in [1.54, 1.807) is 0 Å². The maximum absolute atomic E-state index is 7.34. The molecule has 0 saturated heterocycles. The number of aromatic nitrogens is 6. The third-order valence-electron chi connectivity index (χ3n) is 22.8. The minimum Gasteiger partial charge on any atom is -0.457 e. The molecular weight excluding hydrogens is 1340 g/mol. The lowest BCUT2D eigenvalue weighted by Crippen LogP contribution is -2.32. The molecule has 2 spiro atoms. The number of fused-ring (bicyclic) bond motifs is 19. The van der Waals surface area contributed by atoms with E-state index >= 15 is 0 Å². The highest BCUT2D eigenvalue weighted by Crippen LogP contribution is 2.64. The smallest absolute Gasteiger partial charge is 0.164 e. The fourth-order valence-corrected chi connectivity index (χ4v) is 17.7. The van der Waals surface area contributed by atoms with Gasteiger partial charge >= 0.3 is 0 Å². The van der Waals surface area contributed by atoms with Crippen molar-refractivity contribution >= 4 is 10.8 Å². The van der Waals surface area contributed by atoms with E-state index < -0.39 is 10.8 Å². The molecule has 18 aromatic rings. The van der Waals surface area contributed by atoms with Crippen LogP contribution in [0, 0.1) is 0 Å². The van der Waals surface area contributed by atoms with Gasteiger partial charge in [-0.15, -0.1) is 0 Å². The van der Waals surface area contributed by atoms with E-state index in [1.807, 2.05) is 36.4 Å². The zero-order chi connectivity index (χ0) is 72.4. The summed E-state index contributed by atoms with van der Waals surface area (Å²) >= 11 is 0. The number of hydrogen-bond acceptors (Lipinski definition) is 8. The molecule has 4 heterocycles. The molecule has 0 atom stereocenters. The van der Waals surface area contributed by atoms with Gasteiger partial charge in [0, 0.05) is 55.6 Å². The van der Waals surface area contributed by atoms with Crippen LogP contribution in [-0.2, 0) is 10.8 Å². The minimum absolute atomic E-state index is 0.539. The van der Waals surface area contributed by atoms with Gasteiger partial charge in [-0.3, -0.25) is 0 Å². The molecule has 0 unspecified atom stereocenters. The van der Waals surface area contributed by atoms with E-state index in [-0.39, 0.29) is 0 Å².